The van der Waals surface area contributed by atoms with Crippen molar-refractivity contribution in [1.82, 2.24) is 5.32 Å². The van der Waals surface area contributed by atoms with E-state index in [9.17, 15) is 9.59 Å². The highest BCUT2D eigenvalue weighted by Crippen LogP contribution is 2.23. The van der Waals surface area contributed by atoms with Gasteiger partial charge in [0.1, 0.15) is 6.04 Å². The van der Waals surface area contributed by atoms with E-state index >= 15 is 0 Å². The van der Waals surface area contributed by atoms with Crippen molar-refractivity contribution in [2.45, 2.75) is 58.0 Å². The number of carboxylic acids is 1. The smallest absolute Gasteiger partial charge is 0.326 e. The average molecular weight is 256 g/mol. The lowest BCUT2D eigenvalue weighted by Gasteiger charge is -2.26. The van der Waals surface area contributed by atoms with Gasteiger partial charge in [-0.25, -0.2) is 4.79 Å². The van der Waals surface area contributed by atoms with Crippen molar-refractivity contribution in [2.24, 2.45) is 17.6 Å². The number of hydrogen-bond acceptors (Lipinski definition) is 3. The molecule has 5 nitrogen and oxygen atoms in total. The maximum absolute atomic E-state index is 12.0. The number of aliphatic carboxylic acids is 1. The molecule has 5 heteroatoms. The van der Waals surface area contributed by atoms with E-state index < -0.39 is 12.0 Å². The van der Waals surface area contributed by atoms with Crippen molar-refractivity contribution in [3.63, 3.8) is 0 Å². The summed E-state index contributed by atoms with van der Waals surface area (Å²) in [6, 6.07) is -0.576. The Balaban J connectivity index is 2.48. The van der Waals surface area contributed by atoms with Gasteiger partial charge in [0.25, 0.3) is 0 Å². The van der Waals surface area contributed by atoms with E-state index in [0.717, 1.165) is 25.7 Å². The second-order valence-corrected chi connectivity index (χ2v) is 5.64. The molecule has 0 aliphatic heterocycles. The molecule has 0 heterocycles. The molecule has 1 rings (SSSR count). The quantitative estimate of drug-likeness (QED) is 0.687. The first-order chi connectivity index (χ1) is 8.40. The molecule has 1 aliphatic rings. The summed E-state index contributed by atoms with van der Waals surface area (Å²) in [6.45, 7) is 3.89. The van der Waals surface area contributed by atoms with Gasteiger partial charge in [-0.3, -0.25) is 4.79 Å². The van der Waals surface area contributed by atoms with Crippen LogP contribution in [0.4, 0.5) is 0 Å². The molecular formula is C13H24N2O3. The molecule has 1 amide bonds. The molecule has 0 saturated heterocycles. The zero-order valence-corrected chi connectivity index (χ0v) is 11.2. The zero-order chi connectivity index (χ0) is 13.7. The molecule has 0 radical (unpaired) electrons. The minimum atomic E-state index is -0.954. The van der Waals surface area contributed by atoms with Crippen LogP contribution in [0.2, 0.25) is 0 Å². The highest BCUT2D eigenvalue weighted by atomic mass is 16.4. The fourth-order valence-corrected chi connectivity index (χ4v) is 2.36. The van der Waals surface area contributed by atoms with Crippen molar-refractivity contribution in [3.05, 3.63) is 0 Å². The Morgan fingerprint density at radius 1 is 1.28 bits per heavy atom. The van der Waals surface area contributed by atoms with Gasteiger partial charge in [0, 0.05) is 12.0 Å². The van der Waals surface area contributed by atoms with Gasteiger partial charge in [-0.05, 0) is 38.0 Å². The molecule has 1 atom stereocenters. The molecule has 0 aromatic heterocycles. The van der Waals surface area contributed by atoms with Gasteiger partial charge in [0.2, 0.25) is 5.91 Å². The summed E-state index contributed by atoms with van der Waals surface area (Å²) in [5.41, 5.74) is 5.79. The maximum atomic E-state index is 12.0. The SMILES string of the molecule is CC(C)C[C@H](NC(=O)C1CCC(N)CC1)C(=O)O. The summed E-state index contributed by atoms with van der Waals surface area (Å²) in [6.07, 6.45) is 3.69. The fraction of sp³-hybridized carbons (Fsp3) is 0.846. The molecule has 18 heavy (non-hydrogen) atoms. The van der Waals surface area contributed by atoms with E-state index in [0.29, 0.717) is 6.42 Å². The number of nitrogens with one attached hydrogen (secondary N) is 1. The van der Waals surface area contributed by atoms with E-state index in [1.54, 1.807) is 0 Å². The van der Waals surface area contributed by atoms with Gasteiger partial charge in [-0.2, -0.15) is 0 Å². The van der Waals surface area contributed by atoms with E-state index in [1.807, 2.05) is 13.8 Å². The summed E-state index contributed by atoms with van der Waals surface area (Å²) in [7, 11) is 0. The number of carbonyl (C=O) groups excluding carboxylic acids is 1. The molecule has 1 aliphatic carbocycles. The fourth-order valence-electron chi connectivity index (χ4n) is 2.36. The Kier molecular flexibility index (Phi) is 5.59. The van der Waals surface area contributed by atoms with Crippen molar-refractivity contribution in [2.75, 3.05) is 0 Å². The summed E-state index contributed by atoms with van der Waals surface area (Å²) < 4.78 is 0. The molecule has 1 saturated carbocycles. The molecule has 0 spiro atoms. The molecule has 0 aromatic rings. The lowest BCUT2D eigenvalue weighted by Crippen LogP contribution is -2.45. The van der Waals surface area contributed by atoms with Crippen LogP contribution in [-0.4, -0.2) is 29.1 Å². The largest absolute Gasteiger partial charge is 0.480 e. The predicted octanol–water partition coefficient (Wildman–Crippen LogP) is 1.12. The Morgan fingerprint density at radius 3 is 2.28 bits per heavy atom. The van der Waals surface area contributed by atoms with E-state index in [4.69, 9.17) is 10.8 Å². The van der Waals surface area contributed by atoms with Crippen LogP contribution in [-0.2, 0) is 9.59 Å². The monoisotopic (exact) mass is 256 g/mol. The molecule has 1 fully saturated rings. The first kappa shape index (κ1) is 15.0. The summed E-state index contributed by atoms with van der Waals surface area (Å²) >= 11 is 0. The summed E-state index contributed by atoms with van der Waals surface area (Å²) in [4.78, 5) is 23.1. The van der Waals surface area contributed by atoms with Crippen molar-refractivity contribution in [3.8, 4) is 0 Å². The highest BCUT2D eigenvalue weighted by Gasteiger charge is 2.28. The molecule has 0 aromatic carbocycles. The van der Waals surface area contributed by atoms with E-state index in [-0.39, 0.29) is 23.8 Å². The Labute approximate surface area is 108 Å². The molecular weight excluding hydrogens is 232 g/mol. The third-order valence-corrected chi connectivity index (χ3v) is 3.46. The number of hydrogen-bond donors (Lipinski definition) is 3. The number of amides is 1. The van der Waals surface area contributed by atoms with Gasteiger partial charge in [0.15, 0.2) is 0 Å². The van der Waals surface area contributed by atoms with Crippen LogP contribution in [0, 0.1) is 11.8 Å². The zero-order valence-electron chi connectivity index (χ0n) is 11.2. The van der Waals surface area contributed by atoms with Crippen LogP contribution in [0.1, 0.15) is 46.0 Å². The molecule has 0 unspecified atom stereocenters. The minimum Gasteiger partial charge on any atom is -0.480 e. The number of carbonyl (C=O) groups is 2. The van der Waals surface area contributed by atoms with E-state index in [2.05, 4.69) is 5.32 Å². The first-order valence-corrected chi connectivity index (χ1v) is 6.69. The van der Waals surface area contributed by atoms with Crippen LogP contribution in [0.25, 0.3) is 0 Å². The average Bonchev–Trinajstić information content (AvgIpc) is 2.28. The standard InChI is InChI=1S/C13H24N2O3/c1-8(2)7-11(13(17)18)15-12(16)9-3-5-10(14)6-4-9/h8-11H,3-7,14H2,1-2H3,(H,15,16)(H,17,18)/t9?,10?,11-/m0/s1. The van der Waals surface area contributed by atoms with Crippen molar-refractivity contribution >= 4 is 11.9 Å². The minimum absolute atomic E-state index is 0.0705. The van der Waals surface area contributed by atoms with Gasteiger partial charge in [0.05, 0.1) is 0 Å². The van der Waals surface area contributed by atoms with Crippen LogP contribution < -0.4 is 11.1 Å². The Hall–Kier alpha value is -1.10. The van der Waals surface area contributed by atoms with E-state index in [1.165, 1.54) is 0 Å². The maximum Gasteiger partial charge on any atom is 0.326 e. The second-order valence-electron chi connectivity index (χ2n) is 5.64. The van der Waals surface area contributed by atoms with Crippen LogP contribution in [0.15, 0.2) is 0 Å². The first-order valence-electron chi connectivity index (χ1n) is 6.69. The van der Waals surface area contributed by atoms with Gasteiger partial charge in [-0.15, -0.1) is 0 Å². The third-order valence-electron chi connectivity index (χ3n) is 3.46. The van der Waals surface area contributed by atoms with Gasteiger partial charge in [-0.1, -0.05) is 13.8 Å². The summed E-state index contributed by atoms with van der Waals surface area (Å²) in [5.74, 6) is -0.912. The van der Waals surface area contributed by atoms with Gasteiger partial charge < -0.3 is 16.2 Å². The number of rotatable bonds is 5. The number of nitrogens with two attached hydrogens (primary N) is 1. The summed E-state index contributed by atoms with van der Waals surface area (Å²) in [5, 5.41) is 11.7. The Morgan fingerprint density at radius 2 is 1.83 bits per heavy atom. The van der Waals surface area contributed by atoms with Gasteiger partial charge >= 0.3 is 5.97 Å². The van der Waals surface area contributed by atoms with Crippen LogP contribution in [0.5, 0.6) is 0 Å². The Bertz CT molecular complexity index is 297. The molecule has 0 bridgehead atoms. The van der Waals surface area contributed by atoms with Crippen molar-refractivity contribution < 1.29 is 14.7 Å². The molecule has 4 N–H and O–H groups in total. The lowest BCUT2D eigenvalue weighted by molar-refractivity contribution is -0.143. The normalized spacial score (nSPS) is 25.8. The third kappa shape index (κ3) is 4.64. The highest BCUT2D eigenvalue weighted by molar-refractivity contribution is 5.85. The molecule has 104 valence electrons. The second kappa shape index (κ2) is 6.73. The predicted molar refractivity (Wildman–Crippen MR) is 69.0 cm³/mol. The number of carboxylic acid groups (broad SMARTS) is 1. The van der Waals surface area contributed by atoms with Crippen LogP contribution in [0.3, 0.4) is 0 Å². The van der Waals surface area contributed by atoms with Crippen molar-refractivity contribution in [1.29, 1.82) is 0 Å². The topological polar surface area (TPSA) is 92.4 Å². The lowest BCUT2D eigenvalue weighted by atomic mass is 9.85. The van der Waals surface area contributed by atoms with Crippen LogP contribution >= 0.6 is 0 Å².